The highest BCUT2D eigenvalue weighted by molar-refractivity contribution is 9.10. The summed E-state index contributed by atoms with van der Waals surface area (Å²) in [6, 6.07) is 23.3. The molecule has 0 aromatic heterocycles. The molecule has 0 aliphatic rings. The fourth-order valence-electron chi connectivity index (χ4n) is 3.74. The van der Waals surface area contributed by atoms with Crippen molar-refractivity contribution < 1.29 is 14.0 Å². The van der Waals surface area contributed by atoms with Gasteiger partial charge in [-0.05, 0) is 55.7 Å². The molecule has 7 heteroatoms. The quantitative estimate of drug-likeness (QED) is 0.308. The van der Waals surface area contributed by atoms with E-state index < -0.39 is 11.6 Å². The van der Waals surface area contributed by atoms with Crippen molar-refractivity contribution in [2.24, 2.45) is 0 Å². The van der Waals surface area contributed by atoms with Gasteiger partial charge < -0.3 is 10.2 Å². The smallest absolute Gasteiger partial charge is 0.243 e. The maximum absolute atomic E-state index is 14.1. The second kappa shape index (κ2) is 13.1. The summed E-state index contributed by atoms with van der Waals surface area (Å²) >= 11 is 4.80. The SMILES string of the molecule is CC(C)(C)NC(=O)[C@@H](Cc1ccccc1)N(Cc1ccc(Br)cc1)C(=O)CSCc1ccccc1F. The number of benzene rings is 3. The van der Waals surface area contributed by atoms with Crippen molar-refractivity contribution in [3.63, 3.8) is 0 Å². The number of thioether (sulfide) groups is 1. The summed E-state index contributed by atoms with van der Waals surface area (Å²) in [6.07, 6.45) is 0.392. The Morgan fingerprint density at radius 1 is 0.944 bits per heavy atom. The number of hydrogen-bond acceptors (Lipinski definition) is 3. The van der Waals surface area contributed by atoms with Crippen LogP contribution in [0.25, 0.3) is 0 Å². The Balaban J connectivity index is 1.87. The van der Waals surface area contributed by atoms with Crippen LogP contribution >= 0.6 is 27.7 Å². The van der Waals surface area contributed by atoms with Crippen LogP contribution in [0.4, 0.5) is 4.39 Å². The lowest BCUT2D eigenvalue weighted by molar-refractivity contribution is -0.140. The lowest BCUT2D eigenvalue weighted by Gasteiger charge is -2.34. The first-order valence-corrected chi connectivity index (χ1v) is 13.8. The fourth-order valence-corrected chi connectivity index (χ4v) is 4.90. The normalized spacial score (nSPS) is 12.1. The molecule has 3 aromatic rings. The Bertz CT molecular complexity index is 1150. The van der Waals surface area contributed by atoms with Crippen molar-refractivity contribution in [2.45, 2.75) is 51.1 Å². The number of hydrogen-bond donors (Lipinski definition) is 1. The van der Waals surface area contributed by atoms with Gasteiger partial charge in [0.1, 0.15) is 11.9 Å². The van der Waals surface area contributed by atoms with Crippen LogP contribution in [0.5, 0.6) is 0 Å². The van der Waals surface area contributed by atoms with Gasteiger partial charge in [-0.2, -0.15) is 0 Å². The van der Waals surface area contributed by atoms with Crippen LogP contribution in [-0.4, -0.2) is 34.0 Å². The molecule has 0 heterocycles. The first-order valence-electron chi connectivity index (χ1n) is 11.8. The van der Waals surface area contributed by atoms with Gasteiger partial charge in [0.2, 0.25) is 11.8 Å². The summed E-state index contributed by atoms with van der Waals surface area (Å²) in [5.74, 6) is -0.128. The Morgan fingerprint density at radius 2 is 1.58 bits per heavy atom. The largest absolute Gasteiger partial charge is 0.350 e. The number of carbonyl (C=O) groups excluding carboxylic acids is 2. The van der Waals surface area contributed by atoms with E-state index >= 15 is 0 Å². The Labute approximate surface area is 225 Å². The third kappa shape index (κ3) is 8.79. The van der Waals surface area contributed by atoms with E-state index in [0.29, 0.717) is 24.3 Å². The highest BCUT2D eigenvalue weighted by Crippen LogP contribution is 2.21. The fraction of sp³-hybridized carbons (Fsp3) is 0.310. The third-order valence-electron chi connectivity index (χ3n) is 5.48. The highest BCUT2D eigenvalue weighted by Gasteiger charge is 2.32. The lowest BCUT2D eigenvalue weighted by atomic mass is 10.0. The van der Waals surface area contributed by atoms with E-state index in [2.05, 4.69) is 21.2 Å². The molecule has 0 aliphatic carbocycles. The summed E-state index contributed by atoms with van der Waals surface area (Å²) in [5.41, 5.74) is 2.00. The molecule has 0 unspecified atom stereocenters. The van der Waals surface area contributed by atoms with E-state index in [1.807, 2.05) is 75.4 Å². The van der Waals surface area contributed by atoms with E-state index in [9.17, 15) is 14.0 Å². The maximum Gasteiger partial charge on any atom is 0.243 e. The molecular formula is C29H32BrFN2O2S. The minimum atomic E-state index is -0.697. The van der Waals surface area contributed by atoms with Crippen LogP contribution in [0.1, 0.15) is 37.5 Å². The van der Waals surface area contributed by atoms with Crippen molar-refractivity contribution in [1.29, 1.82) is 0 Å². The Hall–Kier alpha value is -2.64. The van der Waals surface area contributed by atoms with Crippen molar-refractivity contribution in [3.05, 3.63) is 106 Å². The van der Waals surface area contributed by atoms with Crippen molar-refractivity contribution >= 4 is 39.5 Å². The molecule has 3 aromatic carbocycles. The number of nitrogens with zero attached hydrogens (tertiary/aromatic N) is 1. The second-order valence-corrected chi connectivity index (χ2v) is 11.6. The molecule has 36 heavy (non-hydrogen) atoms. The molecule has 1 atom stereocenters. The van der Waals surface area contributed by atoms with E-state index in [-0.39, 0.29) is 23.4 Å². The van der Waals surface area contributed by atoms with Crippen LogP contribution in [-0.2, 0) is 28.3 Å². The monoisotopic (exact) mass is 570 g/mol. The molecule has 0 saturated heterocycles. The summed E-state index contributed by atoms with van der Waals surface area (Å²) in [6.45, 7) is 6.07. The Kier molecular flexibility index (Phi) is 10.1. The van der Waals surface area contributed by atoms with Crippen LogP contribution < -0.4 is 5.32 Å². The van der Waals surface area contributed by atoms with Gasteiger partial charge in [-0.25, -0.2) is 4.39 Å². The Morgan fingerprint density at radius 3 is 2.22 bits per heavy atom. The van der Waals surface area contributed by atoms with Crippen LogP contribution in [0, 0.1) is 5.82 Å². The number of nitrogens with one attached hydrogen (secondary N) is 1. The summed E-state index contributed by atoms with van der Waals surface area (Å²) in [4.78, 5) is 28.8. The van der Waals surface area contributed by atoms with Gasteiger partial charge >= 0.3 is 0 Å². The highest BCUT2D eigenvalue weighted by atomic mass is 79.9. The van der Waals surface area contributed by atoms with Gasteiger partial charge in [-0.1, -0.05) is 76.6 Å². The topological polar surface area (TPSA) is 49.4 Å². The predicted molar refractivity (Wildman–Crippen MR) is 149 cm³/mol. The maximum atomic E-state index is 14.1. The van der Waals surface area contributed by atoms with E-state index in [4.69, 9.17) is 0 Å². The molecule has 0 bridgehead atoms. The van der Waals surface area contributed by atoms with Gasteiger partial charge in [-0.15, -0.1) is 11.8 Å². The molecule has 2 amide bonds. The molecule has 0 fully saturated rings. The summed E-state index contributed by atoms with van der Waals surface area (Å²) in [7, 11) is 0. The summed E-state index contributed by atoms with van der Waals surface area (Å²) in [5, 5.41) is 3.06. The molecule has 3 rings (SSSR count). The average Bonchev–Trinajstić information content (AvgIpc) is 2.83. The standard InChI is InChI=1S/C29H32BrFN2O2S/c1-29(2,3)32-28(35)26(17-21-9-5-4-6-10-21)33(18-22-13-15-24(30)16-14-22)27(34)20-36-19-23-11-7-8-12-25(23)31/h4-16,26H,17-20H2,1-3H3,(H,32,35)/t26-/m1/s1. The number of halogens is 2. The van der Waals surface area contributed by atoms with E-state index in [1.165, 1.54) is 17.8 Å². The molecular weight excluding hydrogens is 539 g/mol. The molecule has 0 spiro atoms. The number of carbonyl (C=O) groups is 2. The molecule has 0 aliphatic heterocycles. The van der Waals surface area contributed by atoms with Gasteiger partial charge in [0.15, 0.2) is 0 Å². The van der Waals surface area contributed by atoms with E-state index in [0.717, 1.165) is 15.6 Å². The second-order valence-electron chi connectivity index (χ2n) is 9.68. The first-order chi connectivity index (χ1) is 17.1. The summed E-state index contributed by atoms with van der Waals surface area (Å²) < 4.78 is 15.0. The zero-order valence-electron chi connectivity index (χ0n) is 20.8. The van der Waals surface area contributed by atoms with Crippen LogP contribution in [0.3, 0.4) is 0 Å². The minimum absolute atomic E-state index is 0.138. The van der Waals surface area contributed by atoms with Gasteiger partial charge in [-0.3, -0.25) is 9.59 Å². The molecule has 0 saturated carbocycles. The molecule has 4 nitrogen and oxygen atoms in total. The van der Waals surface area contributed by atoms with Crippen molar-refractivity contribution in [2.75, 3.05) is 5.75 Å². The van der Waals surface area contributed by atoms with E-state index in [1.54, 1.807) is 23.1 Å². The number of rotatable bonds is 10. The molecule has 1 N–H and O–H groups in total. The van der Waals surface area contributed by atoms with Gasteiger partial charge in [0, 0.05) is 28.7 Å². The van der Waals surface area contributed by atoms with Crippen molar-refractivity contribution in [3.8, 4) is 0 Å². The molecule has 190 valence electrons. The molecule has 0 radical (unpaired) electrons. The minimum Gasteiger partial charge on any atom is -0.350 e. The zero-order valence-corrected chi connectivity index (χ0v) is 23.2. The predicted octanol–water partition coefficient (Wildman–Crippen LogP) is 6.38. The first kappa shape index (κ1) is 27.9. The van der Waals surface area contributed by atoms with Gasteiger partial charge in [0.25, 0.3) is 0 Å². The lowest BCUT2D eigenvalue weighted by Crippen LogP contribution is -2.54. The third-order valence-corrected chi connectivity index (χ3v) is 6.97. The average molecular weight is 572 g/mol. The van der Waals surface area contributed by atoms with Crippen LogP contribution in [0.2, 0.25) is 0 Å². The number of amides is 2. The van der Waals surface area contributed by atoms with Gasteiger partial charge in [0.05, 0.1) is 5.75 Å². The zero-order chi connectivity index (χ0) is 26.1. The van der Waals surface area contributed by atoms with Crippen LogP contribution in [0.15, 0.2) is 83.3 Å². The van der Waals surface area contributed by atoms with Crippen molar-refractivity contribution in [1.82, 2.24) is 10.2 Å².